The molecule has 0 unspecified atom stereocenters. The summed E-state index contributed by atoms with van der Waals surface area (Å²) in [6.07, 6.45) is 3.09. The molecule has 0 atom stereocenters. The van der Waals surface area contributed by atoms with Gasteiger partial charge in [-0.05, 0) is 37.9 Å². The van der Waals surface area contributed by atoms with E-state index in [-0.39, 0.29) is 18.6 Å². The van der Waals surface area contributed by atoms with Crippen molar-refractivity contribution in [2.24, 2.45) is 0 Å². The zero-order valence-electron chi connectivity index (χ0n) is 11.2. The molecule has 2 N–H and O–H groups in total. The van der Waals surface area contributed by atoms with Gasteiger partial charge in [-0.2, -0.15) is 0 Å². The van der Waals surface area contributed by atoms with Gasteiger partial charge in [0.05, 0.1) is 6.10 Å². The Bertz CT molecular complexity index is 375. The molecule has 1 aliphatic rings. The molecule has 1 heterocycles. The fraction of sp³-hybridized carbons (Fsp3) is 0.533. The lowest BCUT2D eigenvalue weighted by Crippen LogP contribution is -2.36. The van der Waals surface area contributed by atoms with Crippen molar-refractivity contribution in [1.29, 1.82) is 0 Å². The molecule has 104 valence electrons. The SMILES string of the molecule is O=C(COC1CCNCC1)NCCc1ccccc1. The molecule has 1 fully saturated rings. The lowest BCUT2D eigenvalue weighted by atomic mass is 10.1. The van der Waals surface area contributed by atoms with Crippen molar-refractivity contribution in [1.82, 2.24) is 10.6 Å². The minimum Gasteiger partial charge on any atom is -0.368 e. The van der Waals surface area contributed by atoms with Gasteiger partial charge in [-0.3, -0.25) is 4.79 Å². The highest BCUT2D eigenvalue weighted by Crippen LogP contribution is 2.06. The zero-order chi connectivity index (χ0) is 13.3. The average molecular weight is 262 g/mol. The van der Waals surface area contributed by atoms with Gasteiger partial charge < -0.3 is 15.4 Å². The molecule has 1 saturated heterocycles. The van der Waals surface area contributed by atoms with E-state index in [1.165, 1.54) is 5.56 Å². The highest BCUT2D eigenvalue weighted by molar-refractivity contribution is 5.77. The third-order valence-corrected chi connectivity index (χ3v) is 3.31. The van der Waals surface area contributed by atoms with E-state index < -0.39 is 0 Å². The second kappa shape index (κ2) is 7.92. The van der Waals surface area contributed by atoms with Gasteiger partial charge in [0.25, 0.3) is 0 Å². The molecule has 19 heavy (non-hydrogen) atoms. The fourth-order valence-electron chi connectivity index (χ4n) is 2.20. The Kier molecular flexibility index (Phi) is 5.85. The number of ether oxygens (including phenoxy) is 1. The van der Waals surface area contributed by atoms with Crippen LogP contribution in [0.3, 0.4) is 0 Å². The van der Waals surface area contributed by atoms with Crippen LogP contribution in [0, 0.1) is 0 Å². The number of amides is 1. The van der Waals surface area contributed by atoms with Crippen molar-refractivity contribution < 1.29 is 9.53 Å². The van der Waals surface area contributed by atoms with Gasteiger partial charge in [0.2, 0.25) is 5.91 Å². The Labute approximate surface area is 114 Å². The number of carbonyl (C=O) groups is 1. The lowest BCUT2D eigenvalue weighted by molar-refractivity contribution is -0.128. The van der Waals surface area contributed by atoms with E-state index in [1.54, 1.807) is 0 Å². The van der Waals surface area contributed by atoms with Crippen LogP contribution in [-0.4, -0.2) is 38.3 Å². The van der Waals surface area contributed by atoms with Crippen LogP contribution < -0.4 is 10.6 Å². The number of nitrogens with one attached hydrogen (secondary N) is 2. The van der Waals surface area contributed by atoms with Crippen LogP contribution in [0.15, 0.2) is 30.3 Å². The summed E-state index contributed by atoms with van der Waals surface area (Å²) in [5.41, 5.74) is 1.24. The highest BCUT2D eigenvalue weighted by atomic mass is 16.5. The third-order valence-electron chi connectivity index (χ3n) is 3.31. The predicted octanol–water partition coefficient (Wildman–Crippen LogP) is 1.11. The van der Waals surface area contributed by atoms with Crippen molar-refractivity contribution in [3.05, 3.63) is 35.9 Å². The Morgan fingerprint density at radius 1 is 1.26 bits per heavy atom. The third kappa shape index (κ3) is 5.41. The number of carbonyl (C=O) groups excluding carboxylic acids is 1. The van der Waals surface area contributed by atoms with Gasteiger partial charge in [-0.1, -0.05) is 30.3 Å². The van der Waals surface area contributed by atoms with Crippen LogP contribution in [-0.2, 0) is 16.0 Å². The molecule has 4 nitrogen and oxygen atoms in total. The number of hydrogen-bond acceptors (Lipinski definition) is 3. The van der Waals surface area contributed by atoms with Gasteiger partial charge >= 0.3 is 0 Å². The first kappa shape index (κ1) is 14.0. The summed E-state index contributed by atoms with van der Waals surface area (Å²) < 4.78 is 5.60. The van der Waals surface area contributed by atoms with Gasteiger partial charge in [0.15, 0.2) is 0 Å². The molecule has 1 aromatic carbocycles. The van der Waals surface area contributed by atoms with Crippen LogP contribution in [0.2, 0.25) is 0 Å². The minimum atomic E-state index is -0.0190. The summed E-state index contributed by atoms with van der Waals surface area (Å²) in [7, 11) is 0. The molecule has 0 radical (unpaired) electrons. The first-order valence-corrected chi connectivity index (χ1v) is 6.97. The molecule has 0 aromatic heterocycles. The van der Waals surface area contributed by atoms with Crippen molar-refractivity contribution in [3.63, 3.8) is 0 Å². The standard InChI is InChI=1S/C15H22N2O2/c18-15(12-19-14-7-9-16-10-8-14)17-11-6-13-4-2-1-3-5-13/h1-5,14,16H,6-12H2,(H,17,18). The van der Waals surface area contributed by atoms with Crippen LogP contribution in [0.25, 0.3) is 0 Å². The zero-order valence-corrected chi connectivity index (χ0v) is 11.2. The summed E-state index contributed by atoms with van der Waals surface area (Å²) in [6.45, 7) is 2.82. The molecule has 1 amide bonds. The summed E-state index contributed by atoms with van der Waals surface area (Å²) in [6, 6.07) is 10.2. The smallest absolute Gasteiger partial charge is 0.246 e. The van der Waals surface area contributed by atoms with Gasteiger partial charge in [0.1, 0.15) is 6.61 Å². The normalized spacial score (nSPS) is 16.2. The molecule has 0 aliphatic carbocycles. The first-order valence-electron chi connectivity index (χ1n) is 6.97. The Morgan fingerprint density at radius 3 is 2.74 bits per heavy atom. The monoisotopic (exact) mass is 262 g/mol. The van der Waals surface area contributed by atoms with Crippen molar-refractivity contribution >= 4 is 5.91 Å². The predicted molar refractivity (Wildman–Crippen MR) is 75.0 cm³/mol. The Hall–Kier alpha value is -1.39. The highest BCUT2D eigenvalue weighted by Gasteiger charge is 2.14. The van der Waals surface area contributed by atoms with E-state index in [0.717, 1.165) is 32.4 Å². The quantitative estimate of drug-likeness (QED) is 0.807. The number of rotatable bonds is 6. The summed E-state index contributed by atoms with van der Waals surface area (Å²) >= 11 is 0. The summed E-state index contributed by atoms with van der Waals surface area (Å²) in [5, 5.41) is 6.17. The average Bonchev–Trinajstić information content (AvgIpc) is 2.47. The summed E-state index contributed by atoms with van der Waals surface area (Å²) in [5.74, 6) is -0.0190. The van der Waals surface area contributed by atoms with E-state index in [4.69, 9.17) is 4.74 Å². The maximum atomic E-state index is 11.6. The number of benzene rings is 1. The molecule has 2 rings (SSSR count). The number of piperidine rings is 1. The largest absolute Gasteiger partial charge is 0.368 e. The second-order valence-corrected chi connectivity index (χ2v) is 4.85. The topological polar surface area (TPSA) is 50.4 Å². The molecule has 0 saturated carbocycles. The van der Waals surface area contributed by atoms with Gasteiger partial charge in [-0.25, -0.2) is 0 Å². The molecular formula is C15H22N2O2. The lowest BCUT2D eigenvalue weighted by Gasteiger charge is -2.22. The van der Waals surface area contributed by atoms with Gasteiger partial charge in [0, 0.05) is 6.54 Å². The molecule has 1 aromatic rings. The fourth-order valence-corrected chi connectivity index (χ4v) is 2.20. The first-order chi connectivity index (χ1) is 9.34. The summed E-state index contributed by atoms with van der Waals surface area (Å²) in [4.78, 5) is 11.6. The van der Waals surface area contributed by atoms with E-state index >= 15 is 0 Å². The molecule has 1 aliphatic heterocycles. The van der Waals surface area contributed by atoms with Crippen molar-refractivity contribution in [2.45, 2.75) is 25.4 Å². The van der Waals surface area contributed by atoms with E-state index in [1.807, 2.05) is 18.2 Å². The molecule has 4 heteroatoms. The van der Waals surface area contributed by atoms with E-state index in [2.05, 4.69) is 22.8 Å². The van der Waals surface area contributed by atoms with Crippen LogP contribution >= 0.6 is 0 Å². The van der Waals surface area contributed by atoms with E-state index in [0.29, 0.717) is 6.54 Å². The Balaban J connectivity index is 1.57. The Morgan fingerprint density at radius 2 is 2.00 bits per heavy atom. The molecule has 0 spiro atoms. The van der Waals surface area contributed by atoms with Crippen molar-refractivity contribution in [3.8, 4) is 0 Å². The van der Waals surface area contributed by atoms with Crippen LogP contribution in [0.4, 0.5) is 0 Å². The van der Waals surface area contributed by atoms with E-state index in [9.17, 15) is 4.79 Å². The minimum absolute atomic E-state index is 0.0190. The second-order valence-electron chi connectivity index (χ2n) is 4.85. The van der Waals surface area contributed by atoms with Crippen LogP contribution in [0.5, 0.6) is 0 Å². The molecular weight excluding hydrogens is 240 g/mol. The maximum absolute atomic E-state index is 11.6. The van der Waals surface area contributed by atoms with Gasteiger partial charge in [-0.15, -0.1) is 0 Å². The number of hydrogen-bond donors (Lipinski definition) is 2. The van der Waals surface area contributed by atoms with Crippen LogP contribution in [0.1, 0.15) is 18.4 Å². The molecule has 0 bridgehead atoms. The maximum Gasteiger partial charge on any atom is 0.246 e. The van der Waals surface area contributed by atoms with Crippen molar-refractivity contribution in [2.75, 3.05) is 26.2 Å².